The molecule has 0 unspecified atom stereocenters. The second-order valence-corrected chi connectivity index (χ2v) is 2.41. The molecule has 3 nitrogen and oxygen atoms in total. The average molecular weight is 160 g/mol. The molecule has 0 aliphatic rings. The van der Waals surface area contributed by atoms with Crippen molar-refractivity contribution < 1.29 is 14.3 Å². The molecule has 0 spiro atoms. The van der Waals surface area contributed by atoms with Gasteiger partial charge >= 0.3 is 5.97 Å². The zero-order valence-corrected chi connectivity index (χ0v) is 5.54. The molecule has 3 N–H and O–H groups in total. The van der Waals surface area contributed by atoms with Gasteiger partial charge in [0.2, 0.25) is 0 Å². The van der Waals surface area contributed by atoms with Gasteiger partial charge in [-0.3, -0.25) is 0 Å². The van der Waals surface area contributed by atoms with Crippen molar-refractivity contribution in [2.45, 2.75) is 0 Å². The fourth-order valence-electron chi connectivity index (χ4n) is 0.456. The molecule has 0 aliphatic carbocycles. The van der Waals surface area contributed by atoms with Crippen LogP contribution in [0, 0.1) is 11.2 Å². The molecule has 53 valence electrons. The Kier molecular flexibility index (Phi) is 1.58. The highest BCUT2D eigenvalue weighted by atomic mass is 32.1. The lowest BCUT2D eigenvalue weighted by atomic mass is 10.3. The van der Waals surface area contributed by atoms with Crippen LogP contribution in [0.4, 0.5) is 9.39 Å². The monoisotopic (exact) mass is 160 g/mol. The van der Waals surface area contributed by atoms with Crippen LogP contribution in [-0.4, -0.2) is 11.1 Å². The Hall–Kier alpha value is -1.10. The second kappa shape index (κ2) is 2.26. The number of hydrogen-bond acceptors (Lipinski definition) is 3. The highest BCUT2D eigenvalue weighted by Crippen LogP contribution is 2.21. The number of carboxylic acids is 1. The van der Waals surface area contributed by atoms with Crippen LogP contribution in [0.25, 0.3) is 0 Å². The van der Waals surface area contributed by atoms with E-state index in [1.54, 1.807) is 0 Å². The van der Waals surface area contributed by atoms with Gasteiger partial charge in [-0.25, -0.2) is 9.18 Å². The third-order valence-electron chi connectivity index (χ3n) is 0.913. The molecule has 0 bridgehead atoms. The fraction of sp³-hybridized carbons (Fsp3) is 0. The van der Waals surface area contributed by atoms with Gasteiger partial charge in [-0.2, -0.15) is 0 Å². The molecule has 1 heterocycles. The van der Waals surface area contributed by atoms with E-state index in [-0.39, 0.29) is 5.00 Å². The number of rotatable bonds is 1. The Morgan fingerprint density at radius 1 is 1.80 bits per heavy atom. The van der Waals surface area contributed by atoms with Crippen LogP contribution in [0.3, 0.4) is 0 Å². The van der Waals surface area contributed by atoms with Crippen molar-refractivity contribution in [3.63, 3.8) is 0 Å². The van der Waals surface area contributed by atoms with E-state index in [0.29, 0.717) is 0 Å². The van der Waals surface area contributed by atoms with Gasteiger partial charge in [0.15, 0.2) is 5.82 Å². The molecule has 0 saturated carbocycles. The number of anilines is 1. The van der Waals surface area contributed by atoms with Crippen molar-refractivity contribution in [1.82, 2.24) is 0 Å². The minimum Gasteiger partial charge on any atom is -0.478 e. The molecule has 0 aliphatic heterocycles. The molecule has 0 amide bonds. The first-order valence-electron chi connectivity index (χ1n) is 2.31. The van der Waals surface area contributed by atoms with Gasteiger partial charge in [-0.1, -0.05) is 0 Å². The van der Waals surface area contributed by atoms with E-state index in [2.05, 4.69) is 5.38 Å². The first-order chi connectivity index (χ1) is 4.63. The summed E-state index contributed by atoms with van der Waals surface area (Å²) >= 11 is 0.756. The predicted octanol–water partition coefficient (Wildman–Crippen LogP) is 0.968. The number of thiophene rings is 1. The number of aromatic carboxylic acids is 1. The van der Waals surface area contributed by atoms with Gasteiger partial charge < -0.3 is 10.8 Å². The average Bonchev–Trinajstić information content (AvgIpc) is 2.14. The molecule has 1 aromatic rings. The van der Waals surface area contributed by atoms with Crippen LogP contribution >= 0.6 is 11.3 Å². The van der Waals surface area contributed by atoms with Crippen molar-refractivity contribution in [3.05, 3.63) is 16.8 Å². The van der Waals surface area contributed by atoms with Gasteiger partial charge in [0.1, 0.15) is 10.6 Å². The molecule has 0 aromatic carbocycles. The lowest BCUT2D eigenvalue weighted by molar-refractivity contribution is 0.0692. The molecule has 1 aromatic heterocycles. The lowest BCUT2D eigenvalue weighted by Gasteiger charge is -1.85. The number of nitrogens with two attached hydrogens (primary N) is 1. The maximum absolute atomic E-state index is 12.5. The maximum atomic E-state index is 12.5. The minimum atomic E-state index is -1.34. The molecular weight excluding hydrogens is 157 g/mol. The summed E-state index contributed by atoms with van der Waals surface area (Å²) in [5.74, 6) is -2.23. The molecule has 1 rings (SSSR count). The molecular formula is C5H3FNO2S. The third kappa shape index (κ3) is 0.950. The summed E-state index contributed by atoms with van der Waals surface area (Å²) in [6, 6.07) is 0. The summed E-state index contributed by atoms with van der Waals surface area (Å²) < 4.78 is 12.5. The van der Waals surface area contributed by atoms with Gasteiger partial charge in [0.25, 0.3) is 0 Å². The maximum Gasteiger partial charge on any atom is 0.340 e. The second-order valence-electron chi connectivity index (χ2n) is 1.56. The molecule has 0 atom stereocenters. The van der Waals surface area contributed by atoms with Crippen molar-refractivity contribution >= 4 is 22.3 Å². The van der Waals surface area contributed by atoms with Gasteiger partial charge in [0.05, 0.1) is 5.38 Å². The Morgan fingerprint density at radius 3 is 2.60 bits per heavy atom. The van der Waals surface area contributed by atoms with E-state index < -0.39 is 17.3 Å². The normalized spacial score (nSPS) is 9.70. The number of carbonyl (C=O) groups is 1. The standard InChI is InChI=1S/C5H3FNO2S/c6-3-2(5(8)9)1-10-4(3)7/h7H2,(H,8,9). The van der Waals surface area contributed by atoms with Crippen molar-refractivity contribution in [2.75, 3.05) is 5.73 Å². The highest BCUT2D eigenvalue weighted by molar-refractivity contribution is 7.13. The Morgan fingerprint density at radius 2 is 2.40 bits per heavy atom. The van der Waals surface area contributed by atoms with Gasteiger partial charge in [-0.15, -0.1) is 11.3 Å². The van der Waals surface area contributed by atoms with Crippen LogP contribution in [0.15, 0.2) is 0 Å². The Bertz CT molecular complexity index is 271. The van der Waals surface area contributed by atoms with E-state index >= 15 is 0 Å². The molecule has 10 heavy (non-hydrogen) atoms. The fourth-order valence-corrected chi connectivity index (χ4v) is 1.04. The largest absolute Gasteiger partial charge is 0.478 e. The smallest absolute Gasteiger partial charge is 0.340 e. The van der Waals surface area contributed by atoms with E-state index in [4.69, 9.17) is 10.8 Å². The van der Waals surface area contributed by atoms with E-state index in [1.165, 1.54) is 0 Å². The van der Waals surface area contributed by atoms with Crippen LogP contribution in [0.5, 0.6) is 0 Å². The zero-order valence-electron chi connectivity index (χ0n) is 4.72. The number of nitrogen functional groups attached to an aromatic ring is 1. The van der Waals surface area contributed by atoms with E-state index in [9.17, 15) is 9.18 Å². The van der Waals surface area contributed by atoms with Crippen molar-refractivity contribution in [3.8, 4) is 0 Å². The van der Waals surface area contributed by atoms with E-state index in [1.807, 2.05) is 0 Å². The number of carboxylic acid groups (broad SMARTS) is 1. The molecule has 0 fully saturated rings. The van der Waals surface area contributed by atoms with Crippen molar-refractivity contribution in [2.24, 2.45) is 0 Å². The summed E-state index contributed by atoms with van der Waals surface area (Å²) in [5, 5.41) is 10.3. The predicted molar refractivity (Wildman–Crippen MR) is 34.5 cm³/mol. The summed E-state index contributed by atoms with van der Waals surface area (Å²) in [6.07, 6.45) is 0. The highest BCUT2D eigenvalue weighted by Gasteiger charge is 2.14. The zero-order chi connectivity index (χ0) is 7.72. The van der Waals surface area contributed by atoms with Gasteiger partial charge in [0, 0.05) is 0 Å². The first-order valence-corrected chi connectivity index (χ1v) is 3.13. The molecule has 5 heteroatoms. The SMILES string of the molecule is Nc1s[c]c(C(=O)O)c1F. The summed E-state index contributed by atoms with van der Waals surface area (Å²) in [7, 11) is 0. The van der Waals surface area contributed by atoms with Crippen LogP contribution in [0.1, 0.15) is 10.4 Å². The van der Waals surface area contributed by atoms with Crippen LogP contribution in [0.2, 0.25) is 0 Å². The molecule has 1 radical (unpaired) electrons. The van der Waals surface area contributed by atoms with Crippen molar-refractivity contribution in [1.29, 1.82) is 0 Å². The molecule has 0 saturated heterocycles. The van der Waals surface area contributed by atoms with E-state index in [0.717, 1.165) is 11.3 Å². The third-order valence-corrected chi connectivity index (χ3v) is 1.62. The first kappa shape index (κ1) is 7.01. The summed E-state index contributed by atoms with van der Waals surface area (Å²) in [4.78, 5) is 10.1. The van der Waals surface area contributed by atoms with Crippen LogP contribution in [-0.2, 0) is 0 Å². The quantitative estimate of drug-likeness (QED) is 0.643. The minimum absolute atomic E-state index is 0.141. The number of hydrogen-bond donors (Lipinski definition) is 2. The van der Waals surface area contributed by atoms with Crippen LogP contribution < -0.4 is 5.73 Å². The lowest BCUT2D eigenvalue weighted by Crippen LogP contribution is -1.97. The number of halogens is 1. The summed E-state index contributed by atoms with van der Waals surface area (Å²) in [6.45, 7) is 0. The Balaban J connectivity index is 3.17. The van der Waals surface area contributed by atoms with Gasteiger partial charge in [-0.05, 0) is 0 Å². The Labute approximate surface area is 59.9 Å². The topological polar surface area (TPSA) is 63.3 Å². The summed E-state index contributed by atoms with van der Waals surface area (Å²) in [5.41, 5.74) is 4.54.